The van der Waals surface area contributed by atoms with Crippen LogP contribution in [0.4, 0.5) is 0 Å². The van der Waals surface area contributed by atoms with E-state index in [2.05, 4.69) is 68.3 Å². The van der Waals surface area contributed by atoms with Crippen molar-refractivity contribution in [2.45, 2.75) is 103 Å². The topological polar surface area (TPSA) is 36.9 Å². The Labute approximate surface area is 247 Å². The average Bonchev–Trinajstić information content (AvgIpc) is 2.92. The second-order valence-electron chi connectivity index (χ2n) is 10.2. The van der Waals surface area contributed by atoms with E-state index < -0.39 is 0 Å². The molecule has 0 radical (unpaired) electrons. The summed E-state index contributed by atoms with van der Waals surface area (Å²) in [6.45, 7) is 5.85. The Hall–Kier alpha value is -0.760. The SMILES string of the molecule is Brc1c2cccc1COCCCCCCCCOCc1cccc(c1Br)COCCCCCCCCOC2. The second-order valence-corrected chi connectivity index (χ2v) is 11.8. The van der Waals surface area contributed by atoms with E-state index in [1.165, 1.54) is 73.6 Å². The summed E-state index contributed by atoms with van der Waals surface area (Å²) in [4.78, 5) is 0. The minimum atomic E-state index is 0.649. The summed E-state index contributed by atoms with van der Waals surface area (Å²) in [5, 5.41) is 0. The summed E-state index contributed by atoms with van der Waals surface area (Å²) < 4.78 is 26.2. The highest BCUT2D eigenvalue weighted by Gasteiger charge is 2.08. The normalized spacial score (nSPS) is 19.4. The molecule has 6 heteroatoms. The largest absolute Gasteiger partial charge is 0.377 e. The van der Waals surface area contributed by atoms with Gasteiger partial charge in [-0.2, -0.15) is 0 Å². The Morgan fingerprint density at radius 2 is 0.605 bits per heavy atom. The molecule has 3 rings (SSSR count). The molecule has 2 aromatic carbocycles. The molecule has 1 heterocycles. The molecule has 1 aliphatic rings. The van der Waals surface area contributed by atoms with E-state index in [4.69, 9.17) is 18.9 Å². The molecule has 0 aromatic heterocycles. The maximum Gasteiger partial charge on any atom is 0.0727 e. The zero-order chi connectivity index (χ0) is 26.7. The molecular weight excluding hydrogens is 608 g/mol. The monoisotopic (exact) mass is 652 g/mol. The van der Waals surface area contributed by atoms with Gasteiger partial charge >= 0.3 is 0 Å². The lowest BCUT2D eigenvalue weighted by atomic mass is 10.1. The van der Waals surface area contributed by atoms with Gasteiger partial charge in [0.1, 0.15) is 0 Å². The van der Waals surface area contributed by atoms with Crippen LogP contribution in [0.25, 0.3) is 0 Å². The van der Waals surface area contributed by atoms with Crippen LogP contribution in [0.3, 0.4) is 0 Å². The molecule has 0 amide bonds. The molecular formula is C32H46Br2O4. The number of ether oxygens (including phenoxy) is 4. The molecule has 0 atom stereocenters. The van der Waals surface area contributed by atoms with Gasteiger partial charge in [-0.05, 0) is 47.9 Å². The van der Waals surface area contributed by atoms with Crippen molar-refractivity contribution in [3.05, 3.63) is 67.6 Å². The number of rotatable bonds is 0. The first-order chi connectivity index (χ1) is 18.8. The number of hydrogen-bond donors (Lipinski definition) is 0. The molecule has 0 aliphatic carbocycles. The summed E-state index contributed by atoms with van der Waals surface area (Å²) in [7, 11) is 0. The van der Waals surface area contributed by atoms with E-state index in [0.29, 0.717) is 26.4 Å². The van der Waals surface area contributed by atoms with Crippen LogP contribution in [0, 0.1) is 0 Å². The lowest BCUT2D eigenvalue weighted by Crippen LogP contribution is -2.01. The Morgan fingerprint density at radius 3 is 0.868 bits per heavy atom. The Bertz CT molecular complexity index is 767. The summed E-state index contributed by atoms with van der Waals surface area (Å²) in [5.74, 6) is 0. The molecule has 0 spiro atoms. The molecule has 0 saturated heterocycles. The van der Waals surface area contributed by atoms with E-state index in [-0.39, 0.29) is 0 Å². The van der Waals surface area contributed by atoms with E-state index in [9.17, 15) is 0 Å². The Balaban J connectivity index is 1.42. The van der Waals surface area contributed by atoms with Crippen LogP contribution in [-0.2, 0) is 45.4 Å². The molecule has 0 N–H and O–H groups in total. The van der Waals surface area contributed by atoms with Crippen LogP contribution in [0.2, 0.25) is 0 Å². The average molecular weight is 655 g/mol. The predicted octanol–water partition coefficient (Wildman–Crippen LogP) is 9.67. The molecule has 1 aliphatic heterocycles. The van der Waals surface area contributed by atoms with Crippen LogP contribution in [0.1, 0.15) is 99.3 Å². The molecule has 2 aromatic rings. The van der Waals surface area contributed by atoms with Crippen molar-refractivity contribution < 1.29 is 18.9 Å². The van der Waals surface area contributed by atoms with Crippen LogP contribution in [0.15, 0.2) is 45.3 Å². The van der Waals surface area contributed by atoms with Gasteiger partial charge in [0.25, 0.3) is 0 Å². The zero-order valence-corrected chi connectivity index (χ0v) is 26.2. The van der Waals surface area contributed by atoms with Crippen molar-refractivity contribution in [2.75, 3.05) is 26.4 Å². The van der Waals surface area contributed by atoms with Gasteiger partial charge < -0.3 is 18.9 Å². The summed E-state index contributed by atoms with van der Waals surface area (Å²) in [6, 6.07) is 12.8. The zero-order valence-electron chi connectivity index (χ0n) is 23.0. The number of benzene rings is 2. The Morgan fingerprint density at radius 1 is 0.368 bits per heavy atom. The highest BCUT2D eigenvalue weighted by Crippen LogP contribution is 2.25. The maximum atomic E-state index is 5.97. The van der Waals surface area contributed by atoms with Gasteiger partial charge in [-0.3, -0.25) is 0 Å². The predicted molar refractivity (Wildman–Crippen MR) is 162 cm³/mol. The van der Waals surface area contributed by atoms with E-state index in [0.717, 1.165) is 61.1 Å². The smallest absolute Gasteiger partial charge is 0.0727 e. The van der Waals surface area contributed by atoms with Crippen molar-refractivity contribution in [1.82, 2.24) is 0 Å². The highest BCUT2D eigenvalue weighted by molar-refractivity contribution is 9.10. The third-order valence-electron chi connectivity index (χ3n) is 7.00. The molecule has 212 valence electrons. The first kappa shape index (κ1) is 31.8. The third kappa shape index (κ3) is 12.6. The standard InChI is InChI=1S/C32H46Br2O4/c33-31-27-15-13-17-29(31)25-37-21-11-7-3-4-8-12-22-38-26-30-18-14-16-28(32(30)34)24-36-20-10-6-2-1-5-9-19-35-23-27/h13-18H,1-12,19-26H2. The highest BCUT2D eigenvalue weighted by atomic mass is 79.9. The number of hydrogen-bond acceptors (Lipinski definition) is 4. The number of fused-ring (bicyclic) bond motifs is 4. The van der Waals surface area contributed by atoms with Gasteiger partial charge in [0, 0.05) is 35.4 Å². The van der Waals surface area contributed by atoms with Gasteiger partial charge in [-0.15, -0.1) is 0 Å². The van der Waals surface area contributed by atoms with Gasteiger partial charge in [0.15, 0.2) is 0 Å². The summed E-state index contributed by atoms with van der Waals surface area (Å²) >= 11 is 7.55. The van der Waals surface area contributed by atoms with E-state index in [1.54, 1.807) is 0 Å². The first-order valence-electron chi connectivity index (χ1n) is 14.6. The van der Waals surface area contributed by atoms with Gasteiger partial charge in [0.05, 0.1) is 26.4 Å². The lowest BCUT2D eigenvalue weighted by molar-refractivity contribution is 0.109. The van der Waals surface area contributed by atoms with Crippen LogP contribution >= 0.6 is 31.9 Å². The molecule has 0 unspecified atom stereocenters. The van der Waals surface area contributed by atoms with E-state index in [1.807, 2.05) is 0 Å². The molecule has 38 heavy (non-hydrogen) atoms. The van der Waals surface area contributed by atoms with Gasteiger partial charge in [-0.1, -0.05) is 120 Å². The fourth-order valence-electron chi connectivity index (χ4n) is 4.67. The molecule has 4 nitrogen and oxygen atoms in total. The second kappa shape index (κ2) is 20.2. The van der Waals surface area contributed by atoms with Crippen molar-refractivity contribution in [3.63, 3.8) is 0 Å². The Kier molecular flexibility index (Phi) is 16.9. The van der Waals surface area contributed by atoms with Crippen molar-refractivity contribution in [2.24, 2.45) is 0 Å². The van der Waals surface area contributed by atoms with Crippen molar-refractivity contribution >= 4 is 31.9 Å². The fraction of sp³-hybridized carbons (Fsp3) is 0.625. The molecule has 0 fully saturated rings. The minimum absolute atomic E-state index is 0.649. The lowest BCUT2D eigenvalue weighted by Gasteiger charge is -2.12. The maximum absolute atomic E-state index is 5.97. The van der Waals surface area contributed by atoms with Crippen LogP contribution in [0.5, 0.6) is 0 Å². The molecule has 4 bridgehead atoms. The number of halogens is 2. The van der Waals surface area contributed by atoms with Gasteiger partial charge in [0.2, 0.25) is 0 Å². The fourth-order valence-corrected chi connectivity index (χ4v) is 5.66. The van der Waals surface area contributed by atoms with Crippen molar-refractivity contribution in [1.29, 1.82) is 0 Å². The summed E-state index contributed by atoms with van der Waals surface area (Å²) in [6.07, 6.45) is 14.4. The quantitative estimate of drug-likeness (QED) is 0.284. The van der Waals surface area contributed by atoms with Crippen LogP contribution < -0.4 is 0 Å². The van der Waals surface area contributed by atoms with Crippen molar-refractivity contribution in [3.8, 4) is 0 Å². The van der Waals surface area contributed by atoms with Gasteiger partial charge in [-0.25, -0.2) is 0 Å². The third-order valence-corrected chi connectivity index (χ3v) is 9.04. The van der Waals surface area contributed by atoms with Crippen LogP contribution in [-0.4, -0.2) is 26.4 Å². The first-order valence-corrected chi connectivity index (χ1v) is 16.2. The van der Waals surface area contributed by atoms with E-state index >= 15 is 0 Å². The molecule has 0 saturated carbocycles. The summed E-state index contributed by atoms with van der Waals surface area (Å²) in [5.41, 5.74) is 4.81. The minimum Gasteiger partial charge on any atom is -0.377 e.